The van der Waals surface area contributed by atoms with Crippen molar-refractivity contribution in [2.75, 3.05) is 39.1 Å². The molecular weight excluding hydrogens is 220 g/mol. The Morgan fingerprint density at radius 1 is 1.41 bits per heavy atom. The van der Waals surface area contributed by atoms with Crippen LogP contribution in [0.1, 0.15) is 0 Å². The summed E-state index contributed by atoms with van der Waals surface area (Å²) in [4.78, 5) is 1.84. The monoisotopic (exact) mass is 240 g/mol. The maximum absolute atomic E-state index is 9.71. The quantitative estimate of drug-likeness (QED) is 0.582. The van der Waals surface area contributed by atoms with Gasteiger partial charge in [0.2, 0.25) is 0 Å². The van der Waals surface area contributed by atoms with Gasteiger partial charge in [0.05, 0.1) is 12.3 Å². The molecule has 0 amide bonds. The number of likely N-dealkylation sites (N-methyl/N-ethyl adjacent to an activating group) is 1. The number of anilines is 1. The van der Waals surface area contributed by atoms with Crippen molar-refractivity contribution < 1.29 is 14.9 Å². The highest BCUT2D eigenvalue weighted by Gasteiger charge is 2.09. The first-order chi connectivity index (χ1) is 8.13. The van der Waals surface area contributed by atoms with Crippen LogP contribution >= 0.6 is 0 Å². The zero-order chi connectivity index (χ0) is 12.7. The van der Waals surface area contributed by atoms with Crippen LogP contribution < -0.4 is 10.5 Å². The van der Waals surface area contributed by atoms with E-state index in [0.29, 0.717) is 24.5 Å². The van der Waals surface area contributed by atoms with Crippen molar-refractivity contribution in [1.82, 2.24) is 4.90 Å². The molecule has 1 aromatic carbocycles. The number of hydrogen-bond acceptors (Lipinski definition) is 5. The normalized spacial score (nSPS) is 12.7. The smallest absolute Gasteiger partial charge is 0.142 e. The van der Waals surface area contributed by atoms with E-state index in [1.165, 1.54) is 0 Å². The molecule has 1 rings (SSSR count). The minimum Gasteiger partial charge on any atom is -0.489 e. The number of nitrogens with zero attached hydrogens (tertiary/aromatic N) is 1. The largest absolute Gasteiger partial charge is 0.489 e. The van der Waals surface area contributed by atoms with E-state index < -0.39 is 6.10 Å². The Kier molecular flexibility index (Phi) is 5.76. The molecule has 0 fully saturated rings. The zero-order valence-corrected chi connectivity index (χ0v) is 10.0. The van der Waals surface area contributed by atoms with Crippen LogP contribution in [0.15, 0.2) is 24.3 Å². The standard InChI is InChI=1S/C12H20N2O3/c1-14(6-7-15)8-10(16)9-17-12-5-3-2-4-11(12)13/h2-5,10,15-16H,6-9,13H2,1H3. The third-order valence-corrected chi connectivity index (χ3v) is 2.35. The fourth-order valence-electron chi connectivity index (χ4n) is 1.47. The molecule has 0 heterocycles. The molecule has 0 aliphatic heterocycles. The summed E-state index contributed by atoms with van der Waals surface area (Å²) in [5.74, 6) is 0.580. The lowest BCUT2D eigenvalue weighted by Gasteiger charge is -2.20. The lowest BCUT2D eigenvalue weighted by atomic mass is 10.3. The Labute approximate surface area is 101 Å². The van der Waals surface area contributed by atoms with E-state index in [1.807, 2.05) is 24.1 Å². The molecule has 0 aromatic heterocycles. The number of para-hydroxylation sites is 2. The Morgan fingerprint density at radius 3 is 2.76 bits per heavy atom. The van der Waals surface area contributed by atoms with Crippen molar-refractivity contribution in [3.05, 3.63) is 24.3 Å². The molecule has 1 aromatic rings. The molecule has 0 saturated carbocycles. The van der Waals surface area contributed by atoms with Gasteiger partial charge in [0.15, 0.2) is 0 Å². The van der Waals surface area contributed by atoms with Gasteiger partial charge in [-0.15, -0.1) is 0 Å². The number of nitrogens with two attached hydrogens (primary N) is 1. The number of aliphatic hydroxyl groups excluding tert-OH is 2. The van der Waals surface area contributed by atoms with E-state index in [-0.39, 0.29) is 13.2 Å². The van der Waals surface area contributed by atoms with Crippen LogP contribution in [0.25, 0.3) is 0 Å². The van der Waals surface area contributed by atoms with Gasteiger partial charge in [-0.3, -0.25) is 0 Å². The fourth-order valence-corrected chi connectivity index (χ4v) is 1.47. The molecule has 17 heavy (non-hydrogen) atoms. The van der Waals surface area contributed by atoms with Crippen molar-refractivity contribution in [3.8, 4) is 5.75 Å². The Hall–Kier alpha value is -1.30. The first-order valence-corrected chi connectivity index (χ1v) is 5.58. The second-order valence-corrected chi connectivity index (χ2v) is 3.99. The van der Waals surface area contributed by atoms with Crippen LogP contribution in [-0.2, 0) is 0 Å². The molecule has 1 atom stereocenters. The van der Waals surface area contributed by atoms with Crippen LogP contribution in [0.2, 0.25) is 0 Å². The summed E-state index contributed by atoms with van der Waals surface area (Å²) < 4.78 is 5.41. The van der Waals surface area contributed by atoms with Gasteiger partial charge in [-0.05, 0) is 19.2 Å². The predicted octanol–water partition coefficient (Wildman–Crippen LogP) is -0.0674. The van der Waals surface area contributed by atoms with Crippen molar-refractivity contribution in [1.29, 1.82) is 0 Å². The van der Waals surface area contributed by atoms with Crippen molar-refractivity contribution >= 4 is 5.69 Å². The molecule has 0 bridgehead atoms. The molecule has 0 aliphatic rings. The van der Waals surface area contributed by atoms with Gasteiger partial charge in [0.1, 0.15) is 18.5 Å². The molecule has 0 saturated heterocycles. The molecule has 5 nitrogen and oxygen atoms in total. The summed E-state index contributed by atoms with van der Waals surface area (Å²) >= 11 is 0. The highest BCUT2D eigenvalue weighted by atomic mass is 16.5. The first kappa shape index (κ1) is 13.8. The van der Waals surface area contributed by atoms with Gasteiger partial charge in [0.25, 0.3) is 0 Å². The van der Waals surface area contributed by atoms with Gasteiger partial charge in [-0.1, -0.05) is 12.1 Å². The average molecular weight is 240 g/mol. The third-order valence-electron chi connectivity index (χ3n) is 2.35. The molecule has 0 aliphatic carbocycles. The van der Waals surface area contributed by atoms with Crippen LogP contribution in [0.4, 0.5) is 5.69 Å². The molecule has 0 radical (unpaired) electrons. The molecule has 96 valence electrons. The number of nitrogen functional groups attached to an aromatic ring is 1. The highest BCUT2D eigenvalue weighted by Crippen LogP contribution is 2.19. The van der Waals surface area contributed by atoms with Gasteiger partial charge in [-0.25, -0.2) is 0 Å². The summed E-state index contributed by atoms with van der Waals surface area (Å²) in [7, 11) is 1.83. The Bertz CT molecular complexity index is 333. The topological polar surface area (TPSA) is 79.0 Å². The van der Waals surface area contributed by atoms with Crippen LogP contribution in [0.3, 0.4) is 0 Å². The summed E-state index contributed by atoms with van der Waals surface area (Å²) in [6, 6.07) is 7.17. The second kappa shape index (κ2) is 7.11. The number of benzene rings is 1. The molecular formula is C12H20N2O3. The van der Waals surface area contributed by atoms with Gasteiger partial charge >= 0.3 is 0 Å². The van der Waals surface area contributed by atoms with Gasteiger partial charge in [0, 0.05) is 13.1 Å². The number of ether oxygens (including phenoxy) is 1. The van der Waals surface area contributed by atoms with E-state index in [0.717, 1.165) is 0 Å². The zero-order valence-electron chi connectivity index (χ0n) is 10.0. The summed E-state index contributed by atoms with van der Waals surface area (Å²) in [5.41, 5.74) is 6.26. The van der Waals surface area contributed by atoms with E-state index >= 15 is 0 Å². The lowest BCUT2D eigenvalue weighted by Crippen LogP contribution is -2.34. The predicted molar refractivity (Wildman–Crippen MR) is 66.9 cm³/mol. The van der Waals surface area contributed by atoms with Gasteiger partial charge in [-0.2, -0.15) is 0 Å². The van der Waals surface area contributed by atoms with Crippen molar-refractivity contribution in [2.45, 2.75) is 6.10 Å². The summed E-state index contributed by atoms with van der Waals surface area (Å²) in [6.45, 7) is 1.25. The maximum Gasteiger partial charge on any atom is 0.142 e. The summed E-state index contributed by atoms with van der Waals surface area (Å²) in [5, 5.41) is 18.4. The average Bonchev–Trinajstić information content (AvgIpc) is 2.28. The van der Waals surface area contributed by atoms with E-state index in [9.17, 15) is 5.11 Å². The van der Waals surface area contributed by atoms with Gasteiger partial charge < -0.3 is 25.6 Å². The summed E-state index contributed by atoms with van der Waals surface area (Å²) in [6.07, 6.45) is -0.605. The van der Waals surface area contributed by atoms with E-state index in [1.54, 1.807) is 12.1 Å². The highest BCUT2D eigenvalue weighted by molar-refractivity contribution is 5.51. The minimum atomic E-state index is -0.605. The molecule has 5 heteroatoms. The fraction of sp³-hybridized carbons (Fsp3) is 0.500. The SMILES string of the molecule is CN(CCO)CC(O)COc1ccccc1N. The minimum absolute atomic E-state index is 0.0791. The number of rotatable bonds is 7. The molecule has 4 N–H and O–H groups in total. The second-order valence-electron chi connectivity index (χ2n) is 3.99. The maximum atomic E-state index is 9.71. The number of aliphatic hydroxyl groups is 2. The first-order valence-electron chi connectivity index (χ1n) is 5.58. The van der Waals surface area contributed by atoms with Crippen molar-refractivity contribution in [2.24, 2.45) is 0 Å². The van der Waals surface area contributed by atoms with Crippen LogP contribution in [-0.4, -0.2) is 54.6 Å². The van der Waals surface area contributed by atoms with E-state index in [2.05, 4.69) is 0 Å². The van der Waals surface area contributed by atoms with E-state index in [4.69, 9.17) is 15.6 Å². The van der Waals surface area contributed by atoms with Crippen LogP contribution in [0, 0.1) is 0 Å². The molecule has 1 unspecified atom stereocenters. The molecule has 0 spiro atoms. The number of hydrogen-bond donors (Lipinski definition) is 3. The Morgan fingerprint density at radius 2 is 2.12 bits per heavy atom. The Balaban J connectivity index is 2.33. The van der Waals surface area contributed by atoms with Crippen molar-refractivity contribution in [3.63, 3.8) is 0 Å². The third kappa shape index (κ3) is 5.04. The lowest BCUT2D eigenvalue weighted by molar-refractivity contribution is 0.0713. The van der Waals surface area contributed by atoms with Crippen LogP contribution in [0.5, 0.6) is 5.75 Å².